The van der Waals surface area contributed by atoms with Gasteiger partial charge in [0, 0.05) is 44.0 Å². The predicted molar refractivity (Wildman–Crippen MR) is 104 cm³/mol. The molecule has 2 aliphatic heterocycles. The lowest BCUT2D eigenvalue weighted by Crippen LogP contribution is -2.56. The Hall–Kier alpha value is -3.04. The Kier molecular flexibility index (Phi) is 3.69. The maximum atomic E-state index is 14.9. The van der Waals surface area contributed by atoms with E-state index in [4.69, 9.17) is 0 Å². The maximum Gasteiger partial charge on any atom is 0.229 e. The van der Waals surface area contributed by atoms with Gasteiger partial charge in [0.15, 0.2) is 11.5 Å². The van der Waals surface area contributed by atoms with Gasteiger partial charge in [-0.15, -0.1) is 0 Å². The molecular weight excluding hydrogens is 392 g/mol. The van der Waals surface area contributed by atoms with Crippen LogP contribution in [0, 0.1) is 11.7 Å². The highest BCUT2D eigenvalue weighted by atomic mass is 19.1. The van der Waals surface area contributed by atoms with Crippen molar-refractivity contribution in [3.8, 4) is 11.3 Å². The number of nitrogens with zero attached hydrogens (tertiary/aromatic N) is 7. The lowest BCUT2D eigenvalue weighted by atomic mass is 10.1. The van der Waals surface area contributed by atoms with E-state index in [1.165, 1.54) is 6.20 Å². The summed E-state index contributed by atoms with van der Waals surface area (Å²) in [4.78, 5) is 21.2. The zero-order valence-electron chi connectivity index (χ0n) is 16.4. The fraction of sp³-hybridized carbons (Fsp3) is 0.500. The van der Waals surface area contributed by atoms with Crippen molar-refractivity contribution >= 4 is 17.2 Å². The molecular formula is C20H21F2N7O. The molecule has 3 aliphatic rings. The van der Waals surface area contributed by atoms with Crippen molar-refractivity contribution in [3.05, 3.63) is 30.6 Å². The summed E-state index contributed by atoms with van der Waals surface area (Å²) < 4.78 is 31.6. The van der Waals surface area contributed by atoms with Crippen molar-refractivity contribution < 1.29 is 13.6 Å². The molecule has 1 amide bonds. The van der Waals surface area contributed by atoms with Gasteiger partial charge in [0.1, 0.15) is 11.9 Å². The molecule has 1 aliphatic carbocycles. The van der Waals surface area contributed by atoms with Crippen LogP contribution in [-0.4, -0.2) is 66.5 Å². The highest BCUT2D eigenvalue weighted by Crippen LogP contribution is 2.41. The number of alkyl halides is 1. The number of piperazine rings is 1. The molecule has 8 nitrogen and oxygen atoms in total. The summed E-state index contributed by atoms with van der Waals surface area (Å²) in [6.45, 7) is 1.02. The summed E-state index contributed by atoms with van der Waals surface area (Å²) in [7, 11) is 1.83. The molecule has 3 aromatic heterocycles. The van der Waals surface area contributed by atoms with Crippen LogP contribution in [0.5, 0.6) is 0 Å². The summed E-state index contributed by atoms with van der Waals surface area (Å²) in [5.41, 5.74) is 2.34. The lowest BCUT2D eigenvalue weighted by molar-refractivity contribution is -0.136. The standard InChI is InChI=1S/C20H21F2N7O/c1-26-7-11(5-23-26)17-10-28-19(25-17)18(16(22)6-24-28)27-8-12-2-3-13(9-27)29(12)20(30)14-4-15(14)21/h5-7,10,12-15H,2-4,8-9H2,1H3/t12?,13?,14-,15-/m1/s1. The fourth-order valence-corrected chi connectivity index (χ4v) is 4.94. The molecule has 2 unspecified atom stereocenters. The van der Waals surface area contributed by atoms with Gasteiger partial charge in [0.25, 0.3) is 0 Å². The second kappa shape index (κ2) is 6.23. The molecule has 3 fully saturated rings. The monoisotopic (exact) mass is 413 g/mol. The van der Waals surface area contributed by atoms with Gasteiger partial charge in [-0.3, -0.25) is 9.48 Å². The molecule has 0 spiro atoms. The number of amides is 1. The zero-order chi connectivity index (χ0) is 20.6. The fourth-order valence-electron chi connectivity index (χ4n) is 4.94. The predicted octanol–water partition coefficient (Wildman–Crippen LogP) is 1.81. The van der Waals surface area contributed by atoms with Gasteiger partial charge in [-0.05, 0) is 19.3 Å². The number of anilines is 1. The normalized spacial score (nSPS) is 27.8. The Labute approximate surface area is 171 Å². The van der Waals surface area contributed by atoms with Crippen LogP contribution < -0.4 is 4.90 Å². The van der Waals surface area contributed by atoms with E-state index in [0.29, 0.717) is 36.5 Å². The first-order valence-corrected chi connectivity index (χ1v) is 10.2. The lowest BCUT2D eigenvalue weighted by Gasteiger charge is -2.42. The van der Waals surface area contributed by atoms with Crippen LogP contribution in [0.2, 0.25) is 0 Å². The van der Waals surface area contributed by atoms with Crippen LogP contribution in [-0.2, 0) is 11.8 Å². The third kappa shape index (κ3) is 2.62. The van der Waals surface area contributed by atoms with E-state index in [-0.39, 0.29) is 18.0 Å². The number of aryl methyl sites for hydroxylation is 1. The number of aromatic nitrogens is 5. The van der Waals surface area contributed by atoms with Gasteiger partial charge < -0.3 is 9.80 Å². The zero-order valence-corrected chi connectivity index (χ0v) is 16.4. The van der Waals surface area contributed by atoms with Crippen molar-refractivity contribution in [2.24, 2.45) is 13.0 Å². The highest BCUT2D eigenvalue weighted by Gasteiger charge is 2.52. The van der Waals surface area contributed by atoms with Gasteiger partial charge >= 0.3 is 0 Å². The number of carbonyl (C=O) groups excluding carboxylic acids is 1. The number of hydrogen-bond donors (Lipinski definition) is 0. The molecule has 6 rings (SSSR count). The Balaban J connectivity index is 1.34. The first kappa shape index (κ1) is 17.8. The van der Waals surface area contributed by atoms with Gasteiger partial charge in [0.05, 0.1) is 30.2 Å². The van der Waals surface area contributed by atoms with Crippen molar-refractivity contribution in [2.45, 2.75) is 37.5 Å². The van der Waals surface area contributed by atoms with Crippen LogP contribution in [0.1, 0.15) is 19.3 Å². The number of hydrogen-bond acceptors (Lipinski definition) is 5. The molecule has 30 heavy (non-hydrogen) atoms. The van der Waals surface area contributed by atoms with Crippen molar-refractivity contribution in [2.75, 3.05) is 18.0 Å². The van der Waals surface area contributed by atoms with Crippen LogP contribution in [0.3, 0.4) is 0 Å². The molecule has 2 saturated heterocycles. The molecule has 10 heteroatoms. The minimum atomic E-state index is -0.997. The molecule has 3 aromatic rings. The molecule has 0 radical (unpaired) electrons. The van der Waals surface area contributed by atoms with Crippen LogP contribution in [0.15, 0.2) is 24.8 Å². The maximum absolute atomic E-state index is 14.9. The highest BCUT2D eigenvalue weighted by molar-refractivity contribution is 5.84. The second-order valence-corrected chi connectivity index (χ2v) is 8.53. The number of rotatable bonds is 3. The Morgan fingerprint density at radius 2 is 1.87 bits per heavy atom. The molecule has 1 saturated carbocycles. The van der Waals surface area contributed by atoms with E-state index < -0.39 is 17.9 Å². The summed E-state index contributed by atoms with van der Waals surface area (Å²) in [6, 6.07) is -0.0474. The van der Waals surface area contributed by atoms with E-state index in [1.54, 1.807) is 21.6 Å². The number of carbonyl (C=O) groups is 1. The minimum Gasteiger partial charge on any atom is -0.362 e. The summed E-state index contributed by atoms with van der Waals surface area (Å²) >= 11 is 0. The van der Waals surface area contributed by atoms with Gasteiger partial charge in [0.2, 0.25) is 5.91 Å². The minimum absolute atomic E-state index is 0.0237. The van der Waals surface area contributed by atoms with E-state index >= 15 is 0 Å². The van der Waals surface area contributed by atoms with Crippen molar-refractivity contribution in [1.29, 1.82) is 0 Å². The first-order valence-electron chi connectivity index (χ1n) is 10.2. The summed E-state index contributed by atoms with van der Waals surface area (Å²) in [5, 5.41) is 8.31. The third-order valence-corrected chi connectivity index (χ3v) is 6.50. The van der Waals surface area contributed by atoms with Crippen molar-refractivity contribution in [3.63, 3.8) is 0 Å². The van der Waals surface area contributed by atoms with Crippen LogP contribution in [0.4, 0.5) is 14.5 Å². The number of halogens is 2. The molecule has 2 bridgehead atoms. The van der Waals surface area contributed by atoms with Crippen molar-refractivity contribution in [1.82, 2.24) is 29.3 Å². The molecule has 5 heterocycles. The number of imidazole rings is 1. The molecule has 0 N–H and O–H groups in total. The average Bonchev–Trinajstić information content (AvgIpc) is 3.04. The largest absolute Gasteiger partial charge is 0.362 e. The first-order chi connectivity index (χ1) is 14.5. The summed E-state index contributed by atoms with van der Waals surface area (Å²) in [5.74, 6) is -0.982. The second-order valence-electron chi connectivity index (χ2n) is 8.53. The topological polar surface area (TPSA) is 71.6 Å². The summed E-state index contributed by atoms with van der Waals surface area (Å²) in [6.07, 6.45) is 7.57. The number of fused-ring (bicyclic) bond motifs is 3. The van der Waals surface area contributed by atoms with E-state index in [9.17, 15) is 13.6 Å². The molecule has 4 atom stereocenters. The smallest absolute Gasteiger partial charge is 0.229 e. The van der Waals surface area contributed by atoms with Crippen LogP contribution in [0.25, 0.3) is 16.9 Å². The third-order valence-electron chi connectivity index (χ3n) is 6.50. The molecule has 0 aromatic carbocycles. The van der Waals surface area contributed by atoms with Gasteiger partial charge in [-0.1, -0.05) is 0 Å². The van der Waals surface area contributed by atoms with Crippen LogP contribution >= 0.6 is 0 Å². The quantitative estimate of drug-likeness (QED) is 0.655. The SMILES string of the molecule is Cn1cc(-c2cn3ncc(F)c(N4CC5CCC(C4)N5C(=O)[C@@H]4C[C@H]4F)c3n2)cn1. The Bertz CT molecular complexity index is 1140. The average molecular weight is 413 g/mol. The van der Waals surface area contributed by atoms with E-state index in [2.05, 4.69) is 15.2 Å². The van der Waals surface area contributed by atoms with E-state index in [0.717, 1.165) is 18.4 Å². The van der Waals surface area contributed by atoms with Gasteiger partial charge in [-0.2, -0.15) is 10.2 Å². The Morgan fingerprint density at radius 3 is 2.50 bits per heavy atom. The molecule has 156 valence electrons. The Morgan fingerprint density at radius 1 is 1.13 bits per heavy atom. The van der Waals surface area contributed by atoms with E-state index in [1.807, 2.05) is 23.0 Å². The van der Waals surface area contributed by atoms with Gasteiger partial charge in [-0.25, -0.2) is 18.3 Å².